The summed E-state index contributed by atoms with van der Waals surface area (Å²) in [6.07, 6.45) is 7.96. The van der Waals surface area contributed by atoms with Crippen molar-refractivity contribution in [3.05, 3.63) is 58.7 Å². The molecule has 2 aromatic rings. The van der Waals surface area contributed by atoms with Crippen molar-refractivity contribution in [1.29, 1.82) is 0 Å². The Hall–Kier alpha value is -2.93. The van der Waals surface area contributed by atoms with Crippen LogP contribution in [-0.2, 0) is 5.41 Å². The zero-order chi connectivity index (χ0) is 21.6. The number of benzene rings is 2. The van der Waals surface area contributed by atoms with E-state index in [1.807, 2.05) is 6.07 Å². The molecule has 4 heteroatoms. The Kier molecular flexibility index (Phi) is 4.93. The van der Waals surface area contributed by atoms with Gasteiger partial charge in [-0.25, -0.2) is 4.79 Å². The Morgan fingerprint density at radius 1 is 0.903 bits per heavy atom. The van der Waals surface area contributed by atoms with Crippen LogP contribution in [-0.4, -0.2) is 25.3 Å². The number of rotatable bonds is 4. The van der Waals surface area contributed by atoms with Gasteiger partial charge in [-0.15, -0.1) is 0 Å². The molecule has 6 rings (SSSR count). The van der Waals surface area contributed by atoms with Gasteiger partial charge in [0.15, 0.2) is 0 Å². The minimum atomic E-state index is -0.934. The molecule has 2 aromatic carbocycles. The second-order valence-electron chi connectivity index (χ2n) is 9.58. The lowest BCUT2D eigenvalue weighted by atomic mass is 9.48. The summed E-state index contributed by atoms with van der Waals surface area (Å²) < 4.78 is 11.5. The standard InChI is InChI=1S/C27H28O4/c1-30-24-13-25(31-2)23(27-14-18-9-19(15-27)11-20(10-18)16-27)12-22(24)8-5-17-3-6-21(7-4-17)26(28)29/h3-4,6-7,12-13,18-20H,9-11,14-16H2,1-2H3,(H,28,29). The largest absolute Gasteiger partial charge is 0.496 e. The molecule has 0 unspecified atom stereocenters. The predicted octanol–water partition coefficient (Wildman–Crippen LogP) is 5.27. The summed E-state index contributed by atoms with van der Waals surface area (Å²) in [5, 5.41) is 9.08. The Morgan fingerprint density at radius 2 is 1.48 bits per heavy atom. The zero-order valence-corrected chi connectivity index (χ0v) is 18.1. The molecule has 0 atom stereocenters. The van der Waals surface area contributed by atoms with Crippen molar-refractivity contribution in [2.45, 2.75) is 43.9 Å². The minimum absolute atomic E-state index is 0.200. The van der Waals surface area contributed by atoms with Crippen LogP contribution in [0.3, 0.4) is 0 Å². The molecule has 0 aromatic heterocycles. The van der Waals surface area contributed by atoms with Gasteiger partial charge < -0.3 is 14.6 Å². The van der Waals surface area contributed by atoms with E-state index in [-0.39, 0.29) is 11.0 Å². The second-order valence-corrected chi connectivity index (χ2v) is 9.58. The number of carboxylic acid groups (broad SMARTS) is 1. The summed E-state index contributed by atoms with van der Waals surface area (Å²) in [5.41, 5.74) is 3.39. The Morgan fingerprint density at radius 3 is 2.00 bits per heavy atom. The maximum absolute atomic E-state index is 11.1. The van der Waals surface area contributed by atoms with Gasteiger partial charge in [-0.05, 0) is 92.0 Å². The number of methoxy groups -OCH3 is 2. The average Bonchev–Trinajstić information content (AvgIpc) is 2.76. The fourth-order valence-electron chi connectivity index (χ4n) is 6.69. The van der Waals surface area contributed by atoms with Crippen molar-refractivity contribution < 1.29 is 19.4 Å². The molecule has 1 N–H and O–H groups in total. The van der Waals surface area contributed by atoms with E-state index in [2.05, 4.69) is 17.9 Å². The highest BCUT2D eigenvalue weighted by Gasteiger charge is 2.52. The van der Waals surface area contributed by atoms with Crippen LogP contribution in [0.1, 0.15) is 65.6 Å². The van der Waals surface area contributed by atoms with Gasteiger partial charge in [-0.1, -0.05) is 11.8 Å². The van der Waals surface area contributed by atoms with E-state index in [0.29, 0.717) is 5.75 Å². The fraction of sp³-hybridized carbons (Fsp3) is 0.444. The van der Waals surface area contributed by atoms with Gasteiger partial charge >= 0.3 is 5.97 Å². The highest BCUT2D eigenvalue weighted by molar-refractivity contribution is 5.87. The molecule has 0 saturated heterocycles. The van der Waals surface area contributed by atoms with Crippen molar-refractivity contribution in [2.75, 3.05) is 14.2 Å². The lowest BCUT2D eigenvalue weighted by molar-refractivity contribution is -0.00618. The number of aromatic carboxylic acids is 1. The van der Waals surface area contributed by atoms with Gasteiger partial charge in [0.05, 0.1) is 25.3 Å². The monoisotopic (exact) mass is 416 g/mol. The van der Waals surface area contributed by atoms with Crippen LogP contribution in [0.4, 0.5) is 0 Å². The maximum atomic E-state index is 11.1. The molecule has 0 amide bonds. The fourth-order valence-corrected chi connectivity index (χ4v) is 6.69. The lowest BCUT2D eigenvalue weighted by Gasteiger charge is -2.57. The van der Waals surface area contributed by atoms with Crippen molar-refractivity contribution in [2.24, 2.45) is 17.8 Å². The molecule has 0 aliphatic heterocycles. The molecule has 0 heterocycles. The van der Waals surface area contributed by atoms with Gasteiger partial charge in [0, 0.05) is 17.2 Å². The molecule has 4 bridgehead atoms. The number of hydrogen-bond donors (Lipinski definition) is 1. The van der Waals surface area contributed by atoms with E-state index in [1.165, 1.54) is 44.1 Å². The van der Waals surface area contributed by atoms with Crippen molar-refractivity contribution in [3.63, 3.8) is 0 Å². The van der Waals surface area contributed by atoms with Crippen LogP contribution in [0.5, 0.6) is 11.5 Å². The molecule has 4 aliphatic carbocycles. The van der Waals surface area contributed by atoms with Gasteiger partial charge in [0.1, 0.15) is 11.5 Å². The Bertz CT molecular complexity index is 1040. The molecule has 0 radical (unpaired) electrons. The Balaban J connectivity index is 1.54. The first-order valence-electron chi connectivity index (χ1n) is 11.1. The molecule has 4 fully saturated rings. The van der Waals surface area contributed by atoms with Crippen molar-refractivity contribution in [1.82, 2.24) is 0 Å². The summed E-state index contributed by atoms with van der Waals surface area (Å²) in [5.74, 6) is 9.68. The second kappa shape index (κ2) is 7.64. The van der Waals surface area contributed by atoms with E-state index in [0.717, 1.165) is 34.6 Å². The molecular formula is C27H28O4. The SMILES string of the molecule is COc1cc(OC)c(C23CC4CC(CC(C4)C2)C3)cc1C#Cc1ccc(C(=O)O)cc1. The summed E-state index contributed by atoms with van der Waals surface area (Å²) in [7, 11) is 3.40. The number of ether oxygens (including phenoxy) is 2. The van der Waals surface area contributed by atoms with Gasteiger partial charge in [0.25, 0.3) is 0 Å². The number of carboxylic acids is 1. The van der Waals surface area contributed by atoms with Crippen LogP contribution in [0.25, 0.3) is 0 Å². The first-order valence-corrected chi connectivity index (χ1v) is 11.1. The predicted molar refractivity (Wildman–Crippen MR) is 119 cm³/mol. The maximum Gasteiger partial charge on any atom is 0.335 e. The zero-order valence-electron chi connectivity index (χ0n) is 18.1. The number of carbonyl (C=O) groups is 1. The summed E-state index contributed by atoms with van der Waals surface area (Å²) in [4.78, 5) is 11.1. The van der Waals surface area contributed by atoms with Crippen LogP contribution in [0, 0.1) is 29.6 Å². The van der Waals surface area contributed by atoms with Gasteiger partial charge in [-0.2, -0.15) is 0 Å². The van der Waals surface area contributed by atoms with E-state index < -0.39 is 5.97 Å². The third-order valence-corrected chi connectivity index (χ3v) is 7.60. The van der Waals surface area contributed by atoms with Crippen LogP contribution >= 0.6 is 0 Å². The smallest absolute Gasteiger partial charge is 0.335 e. The van der Waals surface area contributed by atoms with Crippen LogP contribution in [0.15, 0.2) is 36.4 Å². The normalized spacial score (nSPS) is 28.0. The van der Waals surface area contributed by atoms with Gasteiger partial charge in [-0.3, -0.25) is 0 Å². The van der Waals surface area contributed by atoms with E-state index in [4.69, 9.17) is 14.6 Å². The van der Waals surface area contributed by atoms with E-state index >= 15 is 0 Å². The van der Waals surface area contributed by atoms with E-state index in [9.17, 15) is 4.79 Å². The minimum Gasteiger partial charge on any atom is -0.496 e. The van der Waals surface area contributed by atoms with Gasteiger partial charge in [0.2, 0.25) is 0 Å². The third kappa shape index (κ3) is 3.57. The van der Waals surface area contributed by atoms with Crippen LogP contribution < -0.4 is 9.47 Å². The molecule has 4 saturated carbocycles. The number of hydrogen-bond acceptors (Lipinski definition) is 3. The van der Waals surface area contributed by atoms with E-state index in [1.54, 1.807) is 38.5 Å². The quantitative estimate of drug-likeness (QED) is 0.690. The summed E-state index contributed by atoms with van der Waals surface area (Å²) >= 11 is 0. The first kappa shape index (κ1) is 20.0. The molecule has 4 nitrogen and oxygen atoms in total. The molecule has 0 spiro atoms. The topological polar surface area (TPSA) is 55.8 Å². The third-order valence-electron chi connectivity index (χ3n) is 7.60. The first-order chi connectivity index (χ1) is 15.0. The molecule has 160 valence electrons. The molecule has 4 aliphatic rings. The highest BCUT2D eigenvalue weighted by atomic mass is 16.5. The van der Waals surface area contributed by atoms with Crippen molar-refractivity contribution in [3.8, 4) is 23.3 Å². The summed E-state index contributed by atoms with van der Waals surface area (Å²) in [6, 6.07) is 10.8. The highest BCUT2D eigenvalue weighted by Crippen LogP contribution is 2.62. The van der Waals surface area contributed by atoms with Crippen LogP contribution in [0.2, 0.25) is 0 Å². The average molecular weight is 417 g/mol. The Labute approximate surface area is 183 Å². The van der Waals surface area contributed by atoms with Crippen molar-refractivity contribution >= 4 is 5.97 Å². The lowest BCUT2D eigenvalue weighted by Crippen LogP contribution is -2.48. The molecule has 31 heavy (non-hydrogen) atoms. The molecular weight excluding hydrogens is 388 g/mol. The summed E-state index contributed by atoms with van der Waals surface area (Å²) in [6.45, 7) is 0.